The fraction of sp³-hybridized carbons (Fsp3) is 0.588. The van der Waals surface area contributed by atoms with Crippen LogP contribution in [0.5, 0.6) is 0 Å². The molecule has 1 amide bonds. The van der Waals surface area contributed by atoms with Gasteiger partial charge in [0.25, 0.3) is 0 Å². The van der Waals surface area contributed by atoms with Gasteiger partial charge in [-0.1, -0.05) is 18.2 Å². The van der Waals surface area contributed by atoms with Crippen LogP contribution in [0.2, 0.25) is 0 Å². The molecule has 4 nitrogen and oxygen atoms in total. The molecule has 1 atom stereocenters. The van der Waals surface area contributed by atoms with E-state index in [0.717, 1.165) is 32.5 Å². The quantitative estimate of drug-likeness (QED) is 0.870. The van der Waals surface area contributed by atoms with E-state index in [-0.39, 0.29) is 24.2 Å². The van der Waals surface area contributed by atoms with Crippen LogP contribution in [-0.2, 0) is 11.3 Å². The number of piperidine rings is 1. The number of carbonyl (C=O) groups excluding carboxylic acids is 1. The van der Waals surface area contributed by atoms with Crippen molar-refractivity contribution < 1.29 is 4.79 Å². The Morgan fingerprint density at radius 3 is 2.91 bits per heavy atom. The minimum atomic E-state index is 0. The molecule has 0 spiro atoms. The highest BCUT2D eigenvalue weighted by atomic mass is 35.5. The predicted octanol–water partition coefficient (Wildman–Crippen LogP) is 2.01. The Morgan fingerprint density at radius 1 is 1.41 bits per heavy atom. The summed E-state index contributed by atoms with van der Waals surface area (Å²) >= 11 is 0. The second kappa shape index (κ2) is 9.13. The van der Waals surface area contributed by atoms with Crippen molar-refractivity contribution in [1.29, 1.82) is 0 Å². The smallest absolute Gasteiger partial charge is 0.224 e. The molecule has 1 aromatic carbocycles. The standard InChI is InChI=1S/C17H27N3O.ClH/c1-13-5-3-6-15(14(13)2)11-20-10-4-7-16(12-20)17(21)19-9-8-18;/h3,5-6,16H,4,7-12,18H2,1-2H3,(H,19,21);1H. The summed E-state index contributed by atoms with van der Waals surface area (Å²) in [6, 6.07) is 6.46. The Labute approximate surface area is 139 Å². The van der Waals surface area contributed by atoms with Gasteiger partial charge in [-0.25, -0.2) is 0 Å². The van der Waals surface area contributed by atoms with E-state index in [4.69, 9.17) is 5.73 Å². The number of rotatable bonds is 5. The second-order valence-corrected chi connectivity index (χ2v) is 6.01. The second-order valence-electron chi connectivity index (χ2n) is 6.01. The lowest BCUT2D eigenvalue weighted by molar-refractivity contribution is -0.126. The Hall–Kier alpha value is -1.10. The van der Waals surface area contributed by atoms with Gasteiger partial charge in [0.15, 0.2) is 0 Å². The molecule has 1 aliphatic heterocycles. The van der Waals surface area contributed by atoms with E-state index in [9.17, 15) is 4.79 Å². The Bertz CT molecular complexity index is 493. The molecule has 0 saturated carbocycles. The fourth-order valence-corrected chi connectivity index (χ4v) is 2.98. The first-order chi connectivity index (χ1) is 10.1. The molecule has 1 aliphatic rings. The van der Waals surface area contributed by atoms with E-state index in [2.05, 4.69) is 42.3 Å². The molecule has 0 aliphatic carbocycles. The van der Waals surface area contributed by atoms with E-state index in [1.165, 1.54) is 16.7 Å². The average molecular weight is 326 g/mol. The summed E-state index contributed by atoms with van der Waals surface area (Å²) in [5.41, 5.74) is 9.52. The van der Waals surface area contributed by atoms with Gasteiger partial charge in [-0.05, 0) is 49.9 Å². The zero-order chi connectivity index (χ0) is 15.2. The van der Waals surface area contributed by atoms with Gasteiger partial charge in [0.05, 0.1) is 5.92 Å². The number of amides is 1. The minimum absolute atomic E-state index is 0. The van der Waals surface area contributed by atoms with Crippen molar-refractivity contribution in [3.05, 3.63) is 34.9 Å². The summed E-state index contributed by atoms with van der Waals surface area (Å²) in [4.78, 5) is 14.5. The van der Waals surface area contributed by atoms with Gasteiger partial charge in [-0.15, -0.1) is 12.4 Å². The third-order valence-electron chi connectivity index (χ3n) is 4.43. The molecule has 1 unspecified atom stereocenters. The maximum Gasteiger partial charge on any atom is 0.224 e. The summed E-state index contributed by atoms with van der Waals surface area (Å²) in [7, 11) is 0. The number of benzene rings is 1. The SMILES string of the molecule is Cc1cccc(CN2CCCC(C(=O)NCCN)C2)c1C.Cl. The van der Waals surface area contributed by atoms with Crippen molar-refractivity contribution in [1.82, 2.24) is 10.2 Å². The number of nitrogens with two attached hydrogens (primary N) is 1. The van der Waals surface area contributed by atoms with Crippen molar-refractivity contribution in [3.8, 4) is 0 Å². The van der Waals surface area contributed by atoms with Crippen molar-refractivity contribution in [2.75, 3.05) is 26.2 Å². The molecule has 1 heterocycles. The maximum absolute atomic E-state index is 12.1. The van der Waals surface area contributed by atoms with Crippen molar-refractivity contribution in [3.63, 3.8) is 0 Å². The highest BCUT2D eigenvalue weighted by Gasteiger charge is 2.25. The third-order valence-corrected chi connectivity index (χ3v) is 4.43. The Kier molecular flexibility index (Phi) is 7.87. The molecule has 22 heavy (non-hydrogen) atoms. The van der Waals surface area contributed by atoms with Gasteiger partial charge < -0.3 is 11.1 Å². The first kappa shape index (κ1) is 18.9. The summed E-state index contributed by atoms with van der Waals surface area (Å²) in [6.45, 7) is 8.28. The highest BCUT2D eigenvalue weighted by molar-refractivity contribution is 5.85. The number of hydrogen-bond acceptors (Lipinski definition) is 3. The summed E-state index contributed by atoms with van der Waals surface area (Å²) < 4.78 is 0. The van der Waals surface area contributed by atoms with Crippen LogP contribution in [0.25, 0.3) is 0 Å². The topological polar surface area (TPSA) is 58.4 Å². The van der Waals surface area contributed by atoms with Crippen molar-refractivity contribution in [2.45, 2.75) is 33.2 Å². The minimum Gasteiger partial charge on any atom is -0.355 e. The lowest BCUT2D eigenvalue weighted by atomic mass is 9.95. The number of hydrogen-bond donors (Lipinski definition) is 2. The molecule has 3 N–H and O–H groups in total. The first-order valence-corrected chi connectivity index (χ1v) is 7.87. The normalized spacial score (nSPS) is 18.6. The number of aryl methyl sites for hydroxylation is 1. The lowest BCUT2D eigenvalue weighted by Crippen LogP contribution is -2.43. The van der Waals surface area contributed by atoms with E-state index >= 15 is 0 Å². The van der Waals surface area contributed by atoms with E-state index in [1.807, 2.05) is 0 Å². The van der Waals surface area contributed by atoms with Crippen LogP contribution in [0, 0.1) is 19.8 Å². The molecule has 0 bridgehead atoms. The number of nitrogens with one attached hydrogen (secondary N) is 1. The summed E-state index contributed by atoms with van der Waals surface area (Å²) in [6.07, 6.45) is 2.07. The molecule has 5 heteroatoms. The highest BCUT2D eigenvalue weighted by Crippen LogP contribution is 2.21. The van der Waals surface area contributed by atoms with Gasteiger partial charge in [-0.3, -0.25) is 9.69 Å². The van der Waals surface area contributed by atoms with Crippen LogP contribution in [0.1, 0.15) is 29.5 Å². The maximum atomic E-state index is 12.1. The van der Waals surface area contributed by atoms with Crippen molar-refractivity contribution >= 4 is 18.3 Å². The van der Waals surface area contributed by atoms with Crippen LogP contribution in [0.4, 0.5) is 0 Å². The number of likely N-dealkylation sites (tertiary alicyclic amines) is 1. The molecule has 124 valence electrons. The van der Waals surface area contributed by atoms with Gasteiger partial charge in [0.2, 0.25) is 5.91 Å². The largest absolute Gasteiger partial charge is 0.355 e. The Balaban J connectivity index is 0.00000242. The van der Waals surface area contributed by atoms with E-state index in [0.29, 0.717) is 13.1 Å². The van der Waals surface area contributed by atoms with E-state index < -0.39 is 0 Å². The van der Waals surface area contributed by atoms with Gasteiger partial charge in [0.1, 0.15) is 0 Å². The molecular formula is C17H28ClN3O. The molecule has 2 rings (SSSR count). The zero-order valence-electron chi connectivity index (χ0n) is 13.6. The molecule has 0 radical (unpaired) electrons. The van der Waals surface area contributed by atoms with E-state index in [1.54, 1.807) is 0 Å². The lowest BCUT2D eigenvalue weighted by Gasteiger charge is -2.32. The van der Waals surface area contributed by atoms with Crippen molar-refractivity contribution in [2.24, 2.45) is 11.7 Å². The number of carbonyl (C=O) groups is 1. The van der Waals surface area contributed by atoms with Gasteiger partial charge in [-0.2, -0.15) is 0 Å². The third kappa shape index (κ3) is 4.97. The van der Waals surface area contributed by atoms with Gasteiger partial charge >= 0.3 is 0 Å². The zero-order valence-corrected chi connectivity index (χ0v) is 14.4. The average Bonchev–Trinajstić information content (AvgIpc) is 2.50. The molecular weight excluding hydrogens is 298 g/mol. The monoisotopic (exact) mass is 325 g/mol. The fourth-order valence-electron chi connectivity index (χ4n) is 2.98. The summed E-state index contributed by atoms with van der Waals surface area (Å²) in [5.74, 6) is 0.265. The Morgan fingerprint density at radius 2 is 2.18 bits per heavy atom. The predicted molar refractivity (Wildman–Crippen MR) is 93.2 cm³/mol. The number of nitrogens with zero attached hydrogens (tertiary/aromatic N) is 1. The molecule has 1 aromatic rings. The van der Waals surface area contributed by atoms with Crippen LogP contribution < -0.4 is 11.1 Å². The number of halogens is 1. The van der Waals surface area contributed by atoms with Crippen LogP contribution in [0.15, 0.2) is 18.2 Å². The molecule has 0 aromatic heterocycles. The van der Waals surface area contributed by atoms with Crippen LogP contribution in [-0.4, -0.2) is 37.0 Å². The molecule has 1 fully saturated rings. The summed E-state index contributed by atoms with van der Waals surface area (Å²) in [5, 5.41) is 2.92. The van der Waals surface area contributed by atoms with Crippen LogP contribution >= 0.6 is 12.4 Å². The van der Waals surface area contributed by atoms with Crippen LogP contribution in [0.3, 0.4) is 0 Å². The molecule has 1 saturated heterocycles. The van der Waals surface area contributed by atoms with Gasteiger partial charge in [0, 0.05) is 26.2 Å². The first-order valence-electron chi connectivity index (χ1n) is 7.87.